The molecule has 106 valence electrons. The molecular formula is C16H32N2. The van der Waals surface area contributed by atoms with Gasteiger partial charge in [-0.05, 0) is 56.9 Å². The summed E-state index contributed by atoms with van der Waals surface area (Å²) in [6.07, 6.45) is 5.59. The maximum atomic E-state index is 3.59. The molecule has 2 aliphatic rings. The number of piperidine rings is 1. The van der Waals surface area contributed by atoms with Crippen LogP contribution in [0.25, 0.3) is 0 Å². The number of hydrogen-bond donors (Lipinski definition) is 1. The fraction of sp³-hybridized carbons (Fsp3) is 1.00. The van der Waals surface area contributed by atoms with Gasteiger partial charge in [-0.1, -0.05) is 20.8 Å². The lowest BCUT2D eigenvalue weighted by Gasteiger charge is -2.40. The van der Waals surface area contributed by atoms with Crippen LogP contribution >= 0.6 is 0 Å². The fourth-order valence-corrected chi connectivity index (χ4v) is 4.28. The van der Waals surface area contributed by atoms with Crippen LogP contribution in [0.2, 0.25) is 0 Å². The summed E-state index contributed by atoms with van der Waals surface area (Å²) in [4.78, 5) is 2.75. The smallest absolute Gasteiger partial charge is 0.0156 e. The second-order valence-electron chi connectivity index (χ2n) is 7.54. The molecule has 1 aliphatic carbocycles. The summed E-state index contributed by atoms with van der Waals surface area (Å²) >= 11 is 0. The van der Waals surface area contributed by atoms with Gasteiger partial charge in [-0.15, -0.1) is 0 Å². The van der Waals surface area contributed by atoms with Crippen LogP contribution < -0.4 is 5.32 Å². The van der Waals surface area contributed by atoms with Crippen molar-refractivity contribution in [2.24, 2.45) is 17.3 Å². The van der Waals surface area contributed by atoms with Crippen molar-refractivity contribution in [2.75, 3.05) is 20.1 Å². The molecule has 1 N–H and O–H groups in total. The number of hydrogen-bond acceptors (Lipinski definition) is 2. The maximum absolute atomic E-state index is 3.59. The number of nitrogens with zero attached hydrogens (tertiary/aromatic N) is 1. The van der Waals surface area contributed by atoms with Crippen molar-refractivity contribution in [2.45, 2.75) is 65.5 Å². The minimum Gasteiger partial charge on any atom is -0.316 e. The second kappa shape index (κ2) is 5.50. The third kappa shape index (κ3) is 2.91. The molecule has 0 radical (unpaired) electrons. The average molecular weight is 252 g/mol. The van der Waals surface area contributed by atoms with Crippen LogP contribution in [-0.4, -0.2) is 37.1 Å². The Balaban J connectivity index is 1.96. The molecule has 1 saturated heterocycles. The van der Waals surface area contributed by atoms with E-state index in [1.807, 2.05) is 0 Å². The third-order valence-electron chi connectivity index (χ3n) is 5.50. The molecule has 1 aliphatic heterocycles. The van der Waals surface area contributed by atoms with Crippen LogP contribution in [0.15, 0.2) is 0 Å². The van der Waals surface area contributed by atoms with Gasteiger partial charge in [0.05, 0.1) is 0 Å². The molecule has 0 aromatic rings. The number of nitrogens with one attached hydrogen (secondary N) is 1. The van der Waals surface area contributed by atoms with E-state index in [1.54, 1.807) is 0 Å². The predicted molar refractivity (Wildman–Crippen MR) is 78.8 cm³/mol. The van der Waals surface area contributed by atoms with E-state index < -0.39 is 0 Å². The van der Waals surface area contributed by atoms with Crippen LogP contribution in [0.1, 0.15) is 53.4 Å². The van der Waals surface area contributed by atoms with Gasteiger partial charge in [0.2, 0.25) is 0 Å². The molecule has 0 aromatic carbocycles. The highest BCUT2D eigenvalue weighted by Crippen LogP contribution is 2.42. The summed E-state index contributed by atoms with van der Waals surface area (Å²) in [6, 6.07) is 1.49. The summed E-state index contributed by atoms with van der Waals surface area (Å²) in [5.74, 6) is 1.74. The zero-order valence-electron chi connectivity index (χ0n) is 13.0. The van der Waals surface area contributed by atoms with Gasteiger partial charge < -0.3 is 10.2 Å². The molecule has 0 spiro atoms. The highest BCUT2D eigenvalue weighted by molar-refractivity contribution is 4.97. The van der Waals surface area contributed by atoms with Crippen LogP contribution in [0.5, 0.6) is 0 Å². The molecule has 2 heteroatoms. The Kier molecular flexibility index (Phi) is 4.38. The SMILES string of the molecule is CNC1C(CN2CC(C)CCC2C)CCC1(C)C. The normalized spacial score (nSPS) is 41.2. The van der Waals surface area contributed by atoms with Gasteiger partial charge in [-0.2, -0.15) is 0 Å². The van der Waals surface area contributed by atoms with Gasteiger partial charge in [0.15, 0.2) is 0 Å². The molecular weight excluding hydrogens is 220 g/mol. The van der Waals surface area contributed by atoms with E-state index in [2.05, 4.69) is 45.0 Å². The first kappa shape index (κ1) is 14.3. The molecule has 18 heavy (non-hydrogen) atoms. The average Bonchev–Trinajstić information content (AvgIpc) is 2.58. The van der Waals surface area contributed by atoms with E-state index in [9.17, 15) is 0 Å². The van der Waals surface area contributed by atoms with Crippen molar-refractivity contribution >= 4 is 0 Å². The molecule has 0 aromatic heterocycles. The number of rotatable bonds is 3. The highest BCUT2D eigenvalue weighted by Gasteiger charge is 2.42. The molecule has 2 rings (SSSR count). The molecule has 2 fully saturated rings. The van der Waals surface area contributed by atoms with Crippen molar-refractivity contribution in [3.05, 3.63) is 0 Å². The quantitative estimate of drug-likeness (QED) is 0.830. The lowest BCUT2D eigenvalue weighted by molar-refractivity contribution is 0.0945. The molecule has 4 atom stereocenters. The fourth-order valence-electron chi connectivity index (χ4n) is 4.28. The Bertz CT molecular complexity index is 274. The van der Waals surface area contributed by atoms with Gasteiger partial charge in [-0.3, -0.25) is 0 Å². The zero-order valence-corrected chi connectivity index (χ0v) is 13.0. The standard InChI is InChI=1S/C16H32N2/c1-12-6-7-13(2)18(10-12)11-14-8-9-16(3,4)15(14)17-5/h12-15,17H,6-11H2,1-5H3. The Labute approximate surface area is 114 Å². The van der Waals surface area contributed by atoms with Crippen molar-refractivity contribution in [1.29, 1.82) is 0 Å². The zero-order chi connectivity index (χ0) is 13.3. The molecule has 0 amide bonds. The van der Waals surface area contributed by atoms with Gasteiger partial charge in [0, 0.05) is 25.2 Å². The summed E-state index contributed by atoms with van der Waals surface area (Å²) in [5.41, 5.74) is 0.476. The minimum absolute atomic E-state index is 0.476. The van der Waals surface area contributed by atoms with E-state index in [0.717, 1.165) is 17.9 Å². The Morgan fingerprint density at radius 2 is 1.89 bits per heavy atom. The summed E-state index contributed by atoms with van der Waals surface area (Å²) in [7, 11) is 2.15. The van der Waals surface area contributed by atoms with Crippen LogP contribution in [0, 0.1) is 17.3 Å². The van der Waals surface area contributed by atoms with Gasteiger partial charge in [-0.25, -0.2) is 0 Å². The van der Waals surface area contributed by atoms with Gasteiger partial charge in [0.25, 0.3) is 0 Å². The van der Waals surface area contributed by atoms with Crippen molar-refractivity contribution in [3.63, 3.8) is 0 Å². The Morgan fingerprint density at radius 1 is 1.17 bits per heavy atom. The molecule has 2 nitrogen and oxygen atoms in total. The predicted octanol–water partition coefficient (Wildman–Crippen LogP) is 3.13. The van der Waals surface area contributed by atoms with E-state index in [-0.39, 0.29) is 0 Å². The first-order valence-electron chi connectivity index (χ1n) is 7.85. The van der Waals surface area contributed by atoms with Crippen molar-refractivity contribution in [3.8, 4) is 0 Å². The van der Waals surface area contributed by atoms with Crippen LogP contribution in [0.3, 0.4) is 0 Å². The third-order valence-corrected chi connectivity index (χ3v) is 5.50. The van der Waals surface area contributed by atoms with Gasteiger partial charge in [0.1, 0.15) is 0 Å². The highest BCUT2D eigenvalue weighted by atomic mass is 15.2. The van der Waals surface area contributed by atoms with Crippen LogP contribution in [-0.2, 0) is 0 Å². The molecule has 1 heterocycles. The lowest BCUT2D eigenvalue weighted by atomic mass is 9.84. The first-order valence-corrected chi connectivity index (χ1v) is 7.85. The van der Waals surface area contributed by atoms with Crippen molar-refractivity contribution in [1.82, 2.24) is 10.2 Å². The number of likely N-dealkylation sites (tertiary alicyclic amines) is 1. The Hall–Kier alpha value is -0.0800. The van der Waals surface area contributed by atoms with E-state index in [0.29, 0.717) is 11.5 Å². The molecule has 0 bridgehead atoms. The minimum atomic E-state index is 0.476. The Morgan fingerprint density at radius 3 is 2.56 bits per heavy atom. The van der Waals surface area contributed by atoms with Crippen LogP contribution in [0.4, 0.5) is 0 Å². The van der Waals surface area contributed by atoms with E-state index in [1.165, 1.54) is 38.8 Å². The molecule has 4 unspecified atom stereocenters. The monoisotopic (exact) mass is 252 g/mol. The van der Waals surface area contributed by atoms with Gasteiger partial charge >= 0.3 is 0 Å². The topological polar surface area (TPSA) is 15.3 Å². The van der Waals surface area contributed by atoms with Crippen molar-refractivity contribution < 1.29 is 0 Å². The first-order chi connectivity index (χ1) is 8.44. The second-order valence-corrected chi connectivity index (χ2v) is 7.54. The molecule has 1 saturated carbocycles. The van der Waals surface area contributed by atoms with E-state index in [4.69, 9.17) is 0 Å². The lowest BCUT2D eigenvalue weighted by Crippen LogP contribution is -2.48. The largest absolute Gasteiger partial charge is 0.316 e. The van der Waals surface area contributed by atoms with E-state index >= 15 is 0 Å². The maximum Gasteiger partial charge on any atom is 0.0156 e. The summed E-state index contributed by atoms with van der Waals surface area (Å²) < 4.78 is 0. The summed E-state index contributed by atoms with van der Waals surface area (Å²) in [6.45, 7) is 12.3. The summed E-state index contributed by atoms with van der Waals surface area (Å²) in [5, 5.41) is 3.59.